The molecule has 0 unspecified atom stereocenters. The lowest BCUT2D eigenvalue weighted by Crippen LogP contribution is -1.40. The van der Waals surface area contributed by atoms with Crippen LogP contribution in [0.15, 0.2) is 24.3 Å². The van der Waals surface area contributed by atoms with E-state index in [1.807, 2.05) is 79.7 Å². The Labute approximate surface area is 98.8 Å². The van der Waals surface area contributed by atoms with Gasteiger partial charge in [-0.2, -0.15) is 0 Å². The first-order valence-corrected chi connectivity index (χ1v) is 6.02. The van der Waals surface area contributed by atoms with E-state index in [4.69, 9.17) is 5.41 Å². The molecule has 0 aliphatic rings. The first-order chi connectivity index (χ1) is 7.33. The summed E-state index contributed by atoms with van der Waals surface area (Å²) in [5.41, 5.74) is 0. The van der Waals surface area contributed by atoms with Crippen LogP contribution in [-0.4, -0.2) is 6.21 Å². The van der Waals surface area contributed by atoms with E-state index in [1.54, 1.807) is 6.92 Å². The van der Waals surface area contributed by atoms with Crippen molar-refractivity contribution in [2.75, 3.05) is 0 Å². The van der Waals surface area contributed by atoms with Gasteiger partial charge in [-0.15, -0.1) is 0 Å². The van der Waals surface area contributed by atoms with Crippen molar-refractivity contribution in [3.8, 4) is 0 Å². The van der Waals surface area contributed by atoms with Crippen LogP contribution in [-0.2, 0) is 0 Å². The zero-order valence-electron chi connectivity index (χ0n) is 12.4. The van der Waals surface area contributed by atoms with Crippen LogP contribution in [0.5, 0.6) is 0 Å². The summed E-state index contributed by atoms with van der Waals surface area (Å²) in [6, 6.07) is 0. The van der Waals surface area contributed by atoms with Crippen molar-refractivity contribution >= 4 is 6.21 Å². The minimum absolute atomic E-state index is 1.25. The van der Waals surface area contributed by atoms with E-state index in [-0.39, 0.29) is 0 Å². The van der Waals surface area contributed by atoms with Crippen LogP contribution in [0.2, 0.25) is 0 Å². The average molecular weight is 215 g/mol. The minimum Gasteiger partial charge on any atom is -0.313 e. The molecule has 0 bridgehead atoms. The molecule has 15 heavy (non-hydrogen) atoms. The van der Waals surface area contributed by atoms with E-state index in [0.29, 0.717) is 0 Å². The molecule has 0 heterocycles. The Hall–Kier alpha value is -0.850. The fraction of sp³-hybridized carbons (Fsp3) is 0.643. The van der Waals surface area contributed by atoms with Gasteiger partial charge < -0.3 is 5.41 Å². The van der Waals surface area contributed by atoms with Crippen molar-refractivity contribution in [2.24, 2.45) is 0 Å². The predicted molar refractivity (Wildman–Crippen MR) is 78.1 cm³/mol. The molecule has 0 saturated heterocycles. The average Bonchev–Trinajstić information content (AvgIpc) is 2.35. The lowest BCUT2D eigenvalue weighted by molar-refractivity contribution is 1.50. The molecule has 0 radical (unpaired) electrons. The molecule has 0 spiro atoms. The third-order valence-electron chi connectivity index (χ3n) is 0.496. The standard InChI is InChI=1S/C6H10.C2H5N.3C2H6/c1-3-5-6-4-2;1-2-3;3*1-2/h3-6H,1-2H3;2-3H,1H3;3*1-2H3/b5-3-,6-4-;;;;. The molecule has 0 aliphatic carbocycles. The molecule has 0 rings (SSSR count). The summed E-state index contributed by atoms with van der Waals surface area (Å²) < 4.78 is 0. The lowest BCUT2D eigenvalue weighted by Gasteiger charge is -1.62. The monoisotopic (exact) mass is 215 g/mol. The van der Waals surface area contributed by atoms with Gasteiger partial charge in [0, 0.05) is 0 Å². The smallest absolute Gasteiger partial charge is 0.00788 e. The Morgan fingerprint density at radius 3 is 0.800 bits per heavy atom. The second-order valence-electron chi connectivity index (χ2n) is 1.34. The minimum atomic E-state index is 1.25. The molecule has 1 N–H and O–H groups in total. The second-order valence-corrected chi connectivity index (χ2v) is 1.34. The highest BCUT2D eigenvalue weighted by atomic mass is 14.3. The van der Waals surface area contributed by atoms with Crippen LogP contribution >= 0.6 is 0 Å². The molecular formula is C14H33N. The maximum absolute atomic E-state index is 6.08. The number of allylic oxidation sites excluding steroid dienone is 4. The molecule has 0 aromatic carbocycles. The normalized spacial score (nSPS) is 6.73. The Bertz CT molecular complexity index is 81.5. The summed E-state index contributed by atoms with van der Waals surface area (Å²) in [4.78, 5) is 0. The van der Waals surface area contributed by atoms with Crippen LogP contribution in [0.25, 0.3) is 0 Å². The van der Waals surface area contributed by atoms with Gasteiger partial charge in [0.05, 0.1) is 0 Å². The van der Waals surface area contributed by atoms with Crippen molar-refractivity contribution < 1.29 is 0 Å². The van der Waals surface area contributed by atoms with E-state index < -0.39 is 0 Å². The van der Waals surface area contributed by atoms with Crippen molar-refractivity contribution in [1.29, 1.82) is 5.41 Å². The molecule has 0 fully saturated rings. The van der Waals surface area contributed by atoms with Gasteiger partial charge in [-0.1, -0.05) is 65.8 Å². The maximum atomic E-state index is 6.08. The van der Waals surface area contributed by atoms with Crippen LogP contribution < -0.4 is 0 Å². The van der Waals surface area contributed by atoms with Gasteiger partial charge in [-0.25, -0.2) is 0 Å². The molecular weight excluding hydrogens is 182 g/mol. The summed E-state index contributed by atoms with van der Waals surface area (Å²) in [6.07, 6.45) is 9.25. The lowest BCUT2D eigenvalue weighted by atomic mass is 10.5. The molecule has 1 heteroatoms. The topological polar surface area (TPSA) is 23.9 Å². The van der Waals surface area contributed by atoms with Gasteiger partial charge in [0.25, 0.3) is 0 Å². The third-order valence-corrected chi connectivity index (χ3v) is 0.496. The fourth-order valence-electron chi connectivity index (χ4n) is 0.222. The zero-order valence-corrected chi connectivity index (χ0v) is 12.4. The van der Waals surface area contributed by atoms with Crippen LogP contribution in [0.4, 0.5) is 0 Å². The highest BCUT2D eigenvalue weighted by molar-refractivity contribution is 5.48. The van der Waals surface area contributed by atoms with E-state index >= 15 is 0 Å². The van der Waals surface area contributed by atoms with Gasteiger partial charge >= 0.3 is 0 Å². The highest BCUT2D eigenvalue weighted by Gasteiger charge is 1.48. The third kappa shape index (κ3) is 354. The number of rotatable bonds is 1. The molecule has 0 atom stereocenters. The summed E-state index contributed by atoms with van der Waals surface area (Å²) in [7, 11) is 0. The second kappa shape index (κ2) is 113. The van der Waals surface area contributed by atoms with Crippen LogP contribution in [0.1, 0.15) is 62.3 Å². The summed E-state index contributed by atoms with van der Waals surface area (Å²) >= 11 is 0. The van der Waals surface area contributed by atoms with Gasteiger partial charge in [-0.3, -0.25) is 0 Å². The van der Waals surface area contributed by atoms with E-state index in [1.165, 1.54) is 6.21 Å². The van der Waals surface area contributed by atoms with E-state index in [2.05, 4.69) is 0 Å². The quantitative estimate of drug-likeness (QED) is 0.417. The summed E-state index contributed by atoms with van der Waals surface area (Å²) in [5, 5.41) is 6.08. The SMILES string of the molecule is C/C=C\C=C/C.CC.CC.CC.CC=N. The molecule has 0 aromatic heterocycles. The molecule has 0 saturated carbocycles. The number of nitrogens with one attached hydrogen (secondary N) is 1. The summed E-state index contributed by atoms with van der Waals surface area (Å²) in [6.45, 7) is 17.7. The van der Waals surface area contributed by atoms with Gasteiger partial charge in [0.2, 0.25) is 0 Å². The van der Waals surface area contributed by atoms with Crippen LogP contribution in [0, 0.1) is 5.41 Å². The molecule has 1 nitrogen and oxygen atoms in total. The first kappa shape index (κ1) is 29.2. The first-order valence-electron chi connectivity index (χ1n) is 6.02. The zero-order chi connectivity index (χ0) is 13.5. The van der Waals surface area contributed by atoms with E-state index in [0.717, 1.165) is 0 Å². The fourth-order valence-corrected chi connectivity index (χ4v) is 0.222. The molecule has 0 aromatic rings. The van der Waals surface area contributed by atoms with Crippen molar-refractivity contribution in [2.45, 2.75) is 62.3 Å². The van der Waals surface area contributed by atoms with Crippen molar-refractivity contribution in [1.82, 2.24) is 0 Å². The van der Waals surface area contributed by atoms with Crippen molar-refractivity contribution in [3.05, 3.63) is 24.3 Å². The summed E-state index contributed by atoms with van der Waals surface area (Å²) in [5.74, 6) is 0. The Kier molecular flexibility index (Phi) is 220. The largest absolute Gasteiger partial charge is 0.313 e. The number of hydrogen-bond acceptors (Lipinski definition) is 1. The number of hydrogen-bond donors (Lipinski definition) is 1. The Morgan fingerprint density at radius 1 is 0.600 bits per heavy atom. The predicted octanol–water partition coefficient (Wildman–Crippen LogP) is 5.87. The van der Waals surface area contributed by atoms with Gasteiger partial charge in [-0.05, 0) is 27.0 Å². The Balaban J connectivity index is -0.0000000318. The van der Waals surface area contributed by atoms with Crippen molar-refractivity contribution in [3.63, 3.8) is 0 Å². The molecule has 0 aliphatic heterocycles. The molecule has 0 amide bonds. The highest BCUT2D eigenvalue weighted by Crippen LogP contribution is 1.71. The van der Waals surface area contributed by atoms with Gasteiger partial charge in [0.15, 0.2) is 0 Å². The Morgan fingerprint density at radius 2 is 0.733 bits per heavy atom. The van der Waals surface area contributed by atoms with E-state index in [9.17, 15) is 0 Å². The molecule has 94 valence electrons. The van der Waals surface area contributed by atoms with Gasteiger partial charge in [0.1, 0.15) is 0 Å². The maximum Gasteiger partial charge on any atom is -0.00788 e. The van der Waals surface area contributed by atoms with Crippen LogP contribution in [0.3, 0.4) is 0 Å².